The lowest BCUT2D eigenvalue weighted by Gasteiger charge is -2.16. The Kier molecular flexibility index (Phi) is 4.18. The minimum absolute atomic E-state index is 0.543. The van der Waals surface area contributed by atoms with Gasteiger partial charge in [-0.2, -0.15) is 5.10 Å². The molecule has 1 N–H and O–H groups in total. The van der Waals surface area contributed by atoms with Gasteiger partial charge in [0.1, 0.15) is 0 Å². The van der Waals surface area contributed by atoms with Crippen molar-refractivity contribution in [3.05, 3.63) is 17.5 Å². The van der Waals surface area contributed by atoms with E-state index in [2.05, 4.69) is 24.3 Å². The SMILES string of the molecule is Cc1c(CN[C@@H](C)C[C@H]2CCOC2)cnn1C. The lowest BCUT2D eigenvalue weighted by Crippen LogP contribution is -2.28. The van der Waals surface area contributed by atoms with Crippen molar-refractivity contribution < 1.29 is 4.74 Å². The first-order valence-electron chi connectivity index (χ1n) is 6.45. The smallest absolute Gasteiger partial charge is 0.0537 e. The number of aromatic nitrogens is 2. The van der Waals surface area contributed by atoms with Gasteiger partial charge in [-0.3, -0.25) is 4.68 Å². The molecule has 1 saturated heterocycles. The van der Waals surface area contributed by atoms with E-state index in [1.54, 1.807) is 0 Å². The molecule has 1 aliphatic rings. The Labute approximate surface area is 103 Å². The number of hydrogen-bond donors (Lipinski definition) is 1. The molecule has 4 heteroatoms. The van der Waals surface area contributed by atoms with Gasteiger partial charge in [-0.25, -0.2) is 0 Å². The molecule has 0 bridgehead atoms. The minimum atomic E-state index is 0.543. The van der Waals surface area contributed by atoms with E-state index >= 15 is 0 Å². The fourth-order valence-electron chi connectivity index (χ4n) is 2.35. The second-order valence-electron chi connectivity index (χ2n) is 5.13. The molecule has 96 valence electrons. The summed E-state index contributed by atoms with van der Waals surface area (Å²) in [4.78, 5) is 0. The molecule has 0 amide bonds. The van der Waals surface area contributed by atoms with Crippen LogP contribution in [0.15, 0.2) is 6.20 Å². The Bertz CT molecular complexity index is 356. The number of hydrogen-bond acceptors (Lipinski definition) is 3. The maximum absolute atomic E-state index is 5.40. The van der Waals surface area contributed by atoms with Crippen molar-refractivity contribution in [2.24, 2.45) is 13.0 Å². The van der Waals surface area contributed by atoms with Gasteiger partial charge in [0, 0.05) is 44.1 Å². The first-order valence-corrected chi connectivity index (χ1v) is 6.45. The Morgan fingerprint density at radius 3 is 3.06 bits per heavy atom. The average molecular weight is 237 g/mol. The molecule has 0 unspecified atom stereocenters. The number of nitrogens with zero attached hydrogens (tertiary/aromatic N) is 2. The lowest BCUT2D eigenvalue weighted by molar-refractivity contribution is 0.182. The summed E-state index contributed by atoms with van der Waals surface area (Å²) in [5.74, 6) is 0.743. The van der Waals surface area contributed by atoms with Gasteiger partial charge >= 0.3 is 0 Å². The normalized spacial score (nSPS) is 21.9. The van der Waals surface area contributed by atoms with Crippen molar-refractivity contribution in [3.8, 4) is 0 Å². The fourth-order valence-corrected chi connectivity index (χ4v) is 2.35. The summed E-state index contributed by atoms with van der Waals surface area (Å²) in [6.07, 6.45) is 4.38. The van der Waals surface area contributed by atoms with Crippen LogP contribution in [0.5, 0.6) is 0 Å². The summed E-state index contributed by atoms with van der Waals surface area (Å²) in [6, 6.07) is 0.543. The summed E-state index contributed by atoms with van der Waals surface area (Å²) in [7, 11) is 1.98. The highest BCUT2D eigenvalue weighted by Gasteiger charge is 2.18. The van der Waals surface area contributed by atoms with E-state index in [0.717, 1.165) is 25.7 Å². The highest BCUT2D eigenvalue weighted by atomic mass is 16.5. The van der Waals surface area contributed by atoms with Crippen LogP contribution in [0.2, 0.25) is 0 Å². The monoisotopic (exact) mass is 237 g/mol. The molecule has 2 rings (SSSR count). The molecule has 0 spiro atoms. The Balaban J connectivity index is 1.75. The predicted octanol–water partition coefficient (Wildman–Crippen LogP) is 1.63. The fraction of sp³-hybridized carbons (Fsp3) is 0.769. The van der Waals surface area contributed by atoms with Crippen LogP contribution in [0.1, 0.15) is 31.0 Å². The van der Waals surface area contributed by atoms with Gasteiger partial charge < -0.3 is 10.1 Å². The van der Waals surface area contributed by atoms with Crippen molar-refractivity contribution in [2.45, 2.75) is 39.3 Å². The largest absolute Gasteiger partial charge is 0.381 e. The molecule has 0 aliphatic carbocycles. The van der Waals surface area contributed by atoms with Crippen molar-refractivity contribution in [2.75, 3.05) is 13.2 Å². The number of rotatable bonds is 5. The van der Waals surface area contributed by atoms with E-state index in [1.807, 2.05) is 17.9 Å². The van der Waals surface area contributed by atoms with Crippen LogP contribution in [0.4, 0.5) is 0 Å². The van der Waals surface area contributed by atoms with Crippen LogP contribution in [0, 0.1) is 12.8 Å². The molecular weight excluding hydrogens is 214 g/mol. The van der Waals surface area contributed by atoms with Gasteiger partial charge in [-0.15, -0.1) is 0 Å². The number of ether oxygens (including phenoxy) is 1. The van der Waals surface area contributed by atoms with Gasteiger partial charge in [0.2, 0.25) is 0 Å². The molecule has 4 nitrogen and oxygen atoms in total. The van der Waals surface area contributed by atoms with Crippen LogP contribution in [-0.4, -0.2) is 29.0 Å². The molecule has 1 aromatic rings. The van der Waals surface area contributed by atoms with E-state index in [1.165, 1.54) is 24.1 Å². The van der Waals surface area contributed by atoms with Gasteiger partial charge in [0.25, 0.3) is 0 Å². The van der Waals surface area contributed by atoms with Crippen LogP contribution in [-0.2, 0) is 18.3 Å². The third-order valence-electron chi connectivity index (χ3n) is 3.69. The zero-order chi connectivity index (χ0) is 12.3. The number of aryl methyl sites for hydroxylation is 1. The van der Waals surface area contributed by atoms with Crippen molar-refractivity contribution in [1.29, 1.82) is 0 Å². The van der Waals surface area contributed by atoms with Crippen LogP contribution < -0.4 is 5.32 Å². The van der Waals surface area contributed by atoms with E-state index in [9.17, 15) is 0 Å². The Morgan fingerprint density at radius 1 is 1.65 bits per heavy atom. The van der Waals surface area contributed by atoms with E-state index < -0.39 is 0 Å². The van der Waals surface area contributed by atoms with Crippen LogP contribution in [0.25, 0.3) is 0 Å². The quantitative estimate of drug-likeness (QED) is 0.846. The second-order valence-corrected chi connectivity index (χ2v) is 5.13. The van der Waals surface area contributed by atoms with Gasteiger partial charge in [-0.05, 0) is 32.6 Å². The molecule has 2 heterocycles. The van der Waals surface area contributed by atoms with Gasteiger partial charge in [0.15, 0.2) is 0 Å². The second kappa shape index (κ2) is 5.65. The molecule has 2 atom stereocenters. The maximum Gasteiger partial charge on any atom is 0.0537 e. The molecule has 1 aliphatic heterocycles. The molecule has 17 heavy (non-hydrogen) atoms. The number of nitrogens with one attached hydrogen (secondary N) is 1. The van der Waals surface area contributed by atoms with Gasteiger partial charge in [0.05, 0.1) is 6.20 Å². The lowest BCUT2D eigenvalue weighted by atomic mass is 10.00. The van der Waals surface area contributed by atoms with E-state index in [4.69, 9.17) is 4.74 Å². The van der Waals surface area contributed by atoms with Crippen molar-refractivity contribution in [3.63, 3.8) is 0 Å². The predicted molar refractivity (Wildman–Crippen MR) is 67.8 cm³/mol. The summed E-state index contributed by atoms with van der Waals surface area (Å²) in [5.41, 5.74) is 2.54. The zero-order valence-electron chi connectivity index (χ0n) is 11.1. The first kappa shape index (κ1) is 12.6. The highest BCUT2D eigenvalue weighted by molar-refractivity contribution is 5.15. The van der Waals surface area contributed by atoms with Crippen LogP contribution >= 0.6 is 0 Å². The Hall–Kier alpha value is -0.870. The van der Waals surface area contributed by atoms with Gasteiger partial charge in [-0.1, -0.05) is 0 Å². The average Bonchev–Trinajstić information content (AvgIpc) is 2.90. The molecular formula is C13H23N3O. The summed E-state index contributed by atoms with van der Waals surface area (Å²) in [5, 5.41) is 7.83. The molecule has 0 saturated carbocycles. The van der Waals surface area contributed by atoms with Crippen LogP contribution in [0.3, 0.4) is 0 Å². The summed E-state index contributed by atoms with van der Waals surface area (Å²) >= 11 is 0. The third-order valence-corrected chi connectivity index (χ3v) is 3.69. The van der Waals surface area contributed by atoms with Crippen molar-refractivity contribution in [1.82, 2.24) is 15.1 Å². The molecule has 1 fully saturated rings. The third kappa shape index (κ3) is 3.30. The summed E-state index contributed by atoms with van der Waals surface area (Å²) in [6.45, 7) is 7.16. The Morgan fingerprint density at radius 2 is 2.47 bits per heavy atom. The highest BCUT2D eigenvalue weighted by Crippen LogP contribution is 2.18. The first-order chi connectivity index (χ1) is 8.16. The van der Waals surface area contributed by atoms with E-state index in [-0.39, 0.29) is 0 Å². The zero-order valence-corrected chi connectivity index (χ0v) is 11.1. The molecule has 0 radical (unpaired) electrons. The standard InChI is InChI=1S/C13H23N3O/c1-10(6-12-4-5-17-9-12)14-7-13-8-15-16(3)11(13)2/h8,10,12,14H,4-7,9H2,1-3H3/t10-,12+/m0/s1. The molecule has 0 aromatic carbocycles. The van der Waals surface area contributed by atoms with E-state index in [0.29, 0.717) is 6.04 Å². The van der Waals surface area contributed by atoms with Crippen molar-refractivity contribution >= 4 is 0 Å². The molecule has 1 aromatic heterocycles. The minimum Gasteiger partial charge on any atom is -0.381 e. The topological polar surface area (TPSA) is 39.1 Å². The summed E-state index contributed by atoms with van der Waals surface area (Å²) < 4.78 is 7.33. The maximum atomic E-state index is 5.40.